The first kappa shape index (κ1) is 70.2. The smallest absolute Gasteiger partial charge is 0.335 e. The number of esters is 3. The van der Waals surface area contributed by atoms with Crippen LogP contribution in [0.15, 0.2) is 24.3 Å². The molecule has 0 radical (unpaired) electrons. The first-order chi connectivity index (χ1) is 36.6. The third kappa shape index (κ3) is 41.9. The van der Waals surface area contributed by atoms with Gasteiger partial charge in [0.15, 0.2) is 24.6 Å². The number of carbonyl (C=O) groups is 4. The topological polar surface area (TPSA) is 175 Å². The zero-order chi connectivity index (χ0) is 54.7. The summed E-state index contributed by atoms with van der Waals surface area (Å²) in [5.41, 5.74) is 0. The fraction of sp³-hybridized carbons (Fsp3) is 0.873. The highest BCUT2D eigenvalue weighted by Crippen LogP contribution is 2.27. The van der Waals surface area contributed by atoms with E-state index in [1.54, 1.807) is 0 Å². The van der Waals surface area contributed by atoms with Crippen molar-refractivity contribution < 1.29 is 58.2 Å². The average molecular weight is 1060 g/mol. The number of aliphatic hydroxyl groups is 2. The molecule has 6 unspecified atom stereocenters. The Kier molecular flexibility index (Phi) is 48.6. The number of carboxylic acid groups (broad SMARTS) is 1. The molecule has 12 heteroatoms. The monoisotopic (exact) mass is 1060 g/mol. The summed E-state index contributed by atoms with van der Waals surface area (Å²) in [5.74, 6) is -3.11. The van der Waals surface area contributed by atoms with Crippen molar-refractivity contribution in [2.24, 2.45) is 0 Å². The number of unbranched alkanes of at least 4 members (excludes halogenated alkanes) is 36. The quantitative estimate of drug-likeness (QED) is 0.0228. The zero-order valence-electron chi connectivity index (χ0n) is 48.3. The van der Waals surface area contributed by atoms with Crippen LogP contribution in [0.1, 0.15) is 303 Å². The molecule has 1 fully saturated rings. The Morgan fingerprint density at radius 1 is 0.427 bits per heavy atom. The van der Waals surface area contributed by atoms with Crippen molar-refractivity contribution in [1.82, 2.24) is 0 Å². The molecule has 1 saturated heterocycles. The molecule has 3 N–H and O–H groups in total. The molecule has 6 atom stereocenters. The van der Waals surface area contributed by atoms with Crippen LogP contribution >= 0.6 is 0 Å². The number of hydrogen-bond donors (Lipinski definition) is 3. The molecule has 0 saturated carbocycles. The lowest BCUT2D eigenvalue weighted by Crippen LogP contribution is -2.61. The minimum atomic E-state index is -1.90. The highest BCUT2D eigenvalue weighted by atomic mass is 16.7. The van der Waals surface area contributed by atoms with Gasteiger partial charge in [0.2, 0.25) is 0 Å². The van der Waals surface area contributed by atoms with Gasteiger partial charge >= 0.3 is 23.9 Å². The maximum atomic E-state index is 13.1. The summed E-state index contributed by atoms with van der Waals surface area (Å²) in [6, 6.07) is 0. The summed E-state index contributed by atoms with van der Waals surface area (Å²) >= 11 is 0. The number of allylic oxidation sites excluding steroid dienone is 4. The van der Waals surface area contributed by atoms with Crippen LogP contribution in [0.25, 0.3) is 0 Å². The highest BCUT2D eigenvalue weighted by molar-refractivity contribution is 5.74. The van der Waals surface area contributed by atoms with Crippen molar-refractivity contribution in [3.05, 3.63) is 24.3 Å². The molecule has 12 nitrogen and oxygen atoms in total. The lowest BCUT2D eigenvalue weighted by Gasteiger charge is -2.40. The summed E-state index contributed by atoms with van der Waals surface area (Å²) in [6.07, 6.45) is 47.1. The minimum Gasteiger partial charge on any atom is -0.479 e. The van der Waals surface area contributed by atoms with E-state index in [1.807, 2.05) is 0 Å². The van der Waals surface area contributed by atoms with E-state index in [4.69, 9.17) is 23.7 Å². The van der Waals surface area contributed by atoms with Crippen LogP contribution in [0.4, 0.5) is 0 Å². The van der Waals surface area contributed by atoms with Crippen molar-refractivity contribution in [1.29, 1.82) is 0 Å². The Hall–Kier alpha value is -2.80. The molecule has 0 spiro atoms. The number of carboxylic acids is 1. The molecule has 1 rings (SSSR count). The van der Waals surface area contributed by atoms with Crippen LogP contribution in [0, 0.1) is 0 Å². The molecule has 0 aliphatic carbocycles. The van der Waals surface area contributed by atoms with Gasteiger partial charge in [-0.3, -0.25) is 14.4 Å². The van der Waals surface area contributed by atoms with Crippen LogP contribution in [0.5, 0.6) is 0 Å². The van der Waals surface area contributed by atoms with Crippen molar-refractivity contribution in [2.75, 3.05) is 13.2 Å². The summed E-state index contributed by atoms with van der Waals surface area (Å²) in [7, 11) is 0. The molecule has 0 aromatic heterocycles. The Morgan fingerprint density at radius 3 is 1.15 bits per heavy atom. The molecule has 75 heavy (non-hydrogen) atoms. The lowest BCUT2D eigenvalue weighted by atomic mass is 9.98. The number of aliphatic hydroxyl groups excluding tert-OH is 2. The van der Waals surface area contributed by atoms with Gasteiger partial charge in [-0.25, -0.2) is 4.79 Å². The molecular formula is C63H114O12. The maximum Gasteiger partial charge on any atom is 0.335 e. The van der Waals surface area contributed by atoms with E-state index in [1.165, 1.54) is 148 Å². The Morgan fingerprint density at radius 2 is 0.760 bits per heavy atom. The molecule has 1 aliphatic rings. The Labute approximate surface area is 458 Å². The molecule has 1 heterocycles. The maximum absolute atomic E-state index is 13.1. The molecule has 438 valence electrons. The summed E-state index contributed by atoms with van der Waals surface area (Å²) in [6.45, 7) is 6.00. The molecule has 0 aromatic carbocycles. The fourth-order valence-corrected chi connectivity index (χ4v) is 9.65. The average Bonchev–Trinajstić information content (AvgIpc) is 3.39. The normalized spacial score (nSPS) is 18.2. The summed E-state index contributed by atoms with van der Waals surface area (Å²) in [4.78, 5) is 51.2. The second kappa shape index (κ2) is 51.9. The summed E-state index contributed by atoms with van der Waals surface area (Å²) < 4.78 is 28.5. The van der Waals surface area contributed by atoms with Crippen LogP contribution in [0.3, 0.4) is 0 Å². The van der Waals surface area contributed by atoms with Gasteiger partial charge in [-0.1, -0.05) is 238 Å². The number of rotatable bonds is 54. The van der Waals surface area contributed by atoms with Crippen molar-refractivity contribution in [3.8, 4) is 0 Å². The van der Waals surface area contributed by atoms with E-state index in [2.05, 4.69) is 45.1 Å². The molecule has 0 bridgehead atoms. The number of aliphatic carboxylic acids is 1. The van der Waals surface area contributed by atoms with Gasteiger partial charge in [-0.2, -0.15) is 0 Å². The second-order valence-electron chi connectivity index (χ2n) is 21.7. The predicted octanol–water partition coefficient (Wildman–Crippen LogP) is 16.2. The second-order valence-corrected chi connectivity index (χ2v) is 21.7. The number of carbonyl (C=O) groups excluding carboxylic acids is 3. The van der Waals surface area contributed by atoms with Crippen molar-refractivity contribution in [3.63, 3.8) is 0 Å². The van der Waals surface area contributed by atoms with E-state index in [-0.39, 0.29) is 25.9 Å². The number of hydrogen-bond acceptors (Lipinski definition) is 11. The van der Waals surface area contributed by atoms with Gasteiger partial charge in [0.25, 0.3) is 0 Å². The molecule has 0 aromatic rings. The van der Waals surface area contributed by atoms with Gasteiger partial charge in [0.05, 0.1) is 6.61 Å². The van der Waals surface area contributed by atoms with E-state index in [9.17, 15) is 34.5 Å². The third-order valence-electron chi connectivity index (χ3n) is 14.5. The largest absolute Gasteiger partial charge is 0.479 e. The van der Waals surface area contributed by atoms with E-state index in [0.29, 0.717) is 19.3 Å². The predicted molar refractivity (Wildman–Crippen MR) is 303 cm³/mol. The lowest BCUT2D eigenvalue weighted by molar-refractivity contribution is -0.301. The van der Waals surface area contributed by atoms with Gasteiger partial charge < -0.3 is 39.0 Å². The van der Waals surface area contributed by atoms with Crippen LogP contribution < -0.4 is 0 Å². The Balaban J connectivity index is 2.66. The first-order valence-electron chi connectivity index (χ1n) is 31.3. The van der Waals surface area contributed by atoms with E-state index < -0.39 is 67.3 Å². The molecule has 1 aliphatic heterocycles. The SMILES string of the molecule is CCCCCC/C=C\CCCCCCCC(=O)OC(COC(=O)CCCCCCCCCCCCCCCCCCC)COC1OC(C(=O)O)C(O)C(O)C1OC(=O)CCCCCCC/C=C\CCCCCCCC. The van der Waals surface area contributed by atoms with E-state index in [0.717, 1.165) is 96.3 Å². The summed E-state index contributed by atoms with van der Waals surface area (Å²) in [5, 5.41) is 31.5. The van der Waals surface area contributed by atoms with Crippen LogP contribution in [-0.4, -0.2) is 89.2 Å². The minimum absolute atomic E-state index is 0.0540. The molecule has 0 amide bonds. The highest BCUT2D eigenvalue weighted by Gasteiger charge is 2.50. The number of ether oxygens (including phenoxy) is 5. The third-order valence-corrected chi connectivity index (χ3v) is 14.5. The van der Waals surface area contributed by atoms with E-state index >= 15 is 0 Å². The van der Waals surface area contributed by atoms with Gasteiger partial charge in [-0.15, -0.1) is 0 Å². The first-order valence-corrected chi connectivity index (χ1v) is 31.3. The zero-order valence-corrected chi connectivity index (χ0v) is 48.3. The standard InChI is InChI=1S/C63H114O12/c1-4-7-10-13-16-19-22-25-27-28-30-32-34-37-40-43-46-49-55(64)71-52-54(73-56(65)50-47-44-41-38-35-31-24-21-18-15-12-9-6-3)53-72-63-61(59(68)58(67)60(75-63)62(69)70)74-57(66)51-48-45-42-39-36-33-29-26-23-20-17-14-11-8-5-2/h21,24,26,29,54,58-61,63,67-68H,4-20,22-23,25,27-28,30-53H2,1-3H3,(H,69,70)/b24-21-,29-26-. The van der Waals surface area contributed by atoms with Crippen LogP contribution in [-0.2, 0) is 42.9 Å². The van der Waals surface area contributed by atoms with Crippen molar-refractivity contribution in [2.45, 2.75) is 340 Å². The van der Waals surface area contributed by atoms with Gasteiger partial charge in [0, 0.05) is 19.3 Å². The Bertz CT molecular complexity index is 1400. The molecular weight excluding hydrogens is 949 g/mol. The van der Waals surface area contributed by atoms with Gasteiger partial charge in [0.1, 0.15) is 18.8 Å². The van der Waals surface area contributed by atoms with Crippen molar-refractivity contribution >= 4 is 23.9 Å². The van der Waals surface area contributed by atoms with Gasteiger partial charge in [-0.05, 0) is 70.6 Å². The van der Waals surface area contributed by atoms with Crippen LogP contribution in [0.2, 0.25) is 0 Å². The fourth-order valence-electron chi connectivity index (χ4n) is 9.65.